The van der Waals surface area contributed by atoms with Crippen LogP contribution in [0.2, 0.25) is 0 Å². The van der Waals surface area contributed by atoms with Crippen LogP contribution in [-0.2, 0) is 6.54 Å². The van der Waals surface area contributed by atoms with E-state index in [1.807, 2.05) is 11.9 Å². The third-order valence-electron chi connectivity index (χ3n) is 2.31. The van der Waals surface area contributed by atoms with Gasteiger partial charge in [-0.2, -0.15) is 0 Å². The fourth-order valence-electron chi connectivity index (χ4n) is 1.85. The SMILES string of the molecule is CN(Cc1c(F)ccc(Br)c1F)CC(C)(C)C. The Bertz CT molecular complexity index is 399. The first-order chi connectivity index (χ1) is 7.70. The molecule has 0 aliphatic rings. The van der Waals surface area contributed by atoms with Crippen molar-refractivity contribution in [2.24, 2.45) is 5.41 Å². The first-order valence-corrected chi connectivity index (χ1v) is 6.31. The number of hydrogen-bond donors (Lipinski definition) is 0. The first kappa shape index (κ1) is 14.6. The summed E-state index contributed by atoms with van der Waals surface area (Å²) in [5.41, 5.74) is 0.222. The van der Waals surface area contributed by atoms with Crippen LogP contribution in [0.5, 0.6) is 0 Å². The Hall–Kier alpha value is -0.480. The summed E-state index contributed by atoms with van der Waals surface area (Å²) in [6, 6.07) is 2.67. The summed E-state index contributed by atoms with van der Waals surface area (Å²) in [7, 11) is 1.87. The van der Waals surface area contributed by atoms with Gasteiger partial charge in [-0.25, -0.2) is 8.78 Å². The fourth-order valence-corrected chi connectivity index (χ4v) is 2.22. The van der Waals surface area contributed by atoms with Gasteiger partial charge in [0.1, 0.15) is 11.6 Å². The lowest BCUT2D eigenvalue weighted by molar-refractivity contribution is 0.216. The molecule has 1 aromatic rings. The molecule has 0 N–H and O–H groups in total. The van der Waals surface area contributed by atoms with Gasteiger partial charge in [0, 0.05) is 18.7 Å². The Kier molecular flexibility index (Phi) is 4.67. The molecule has 0 unspecified atom stereocenters. The van der Waals surface area contributed by atoms with Crippen LogP contribution < -0.4 is 0 Å². The van der Waals surface area contributed by atoms with Crippen LogP contribution in [0.1, 0.15) is 26.3 Å². The lowest BCUT2D eigenvalue weighted by Crippen LogP contribution is -2.29. The van der Waals surface area contributed by atoms with Gasteiger partial charge in [0.2, 0.25) is 0 Å². The summed E-state index contributed by atoms with van der Waals surface area (Å²) in [5, 5.41) is 0. The molecule has 1 aromatic carbocycles. The van der Waals surface area contributed by atoms with Gasteiger partial charge in [0.15, 0.2) is 0 Å². The summed E-state index contributed by atoms with van der Waals surface area (Å²) in [6.07, 6.45) is 0. The van der Waals surface area contributed by atoms with Crippen molar-refractivity contribution < 1.29 is 8.78 Å². The van der Waals surface area contributed by atoms with E-state index in [1.54, 1.807) is 0 Å². The number of nitrogens with zero attached hydrogens (tertiary/aromatic N) is 1. The predicted molar refractivity (Wildman–Crippen MR) is 69.8 cm³/mol. The number of halogens is 3. The Labute approximate surface area is 110 Å². The molecule has 0 spiro atoms. The Balaban J connectivity index is 2.85. The summed E-state index contributed by atoms with van der Waals surface area (Å²) in [5.74, 6) is -1.00. The van der Waals surface area contributed by atoms with Gasteiger partial charge in [-0.3, -0.25) is 0 Å². The van der Waals surface area contributed by atoms with Gasteiger partial charge in [-0.05, 0) is 40.5 Å². The molecule has 0 saturated heterocycles. The van der Waals surface area contributed by atoms with Crippen LogP contribution in [0.4, 0.5) is 8.78 Å². The van der Waals surface area contributed by atoms with Crippen molar-refractivity contribution in [1.29, 1.82) is 0 Å². The van der Waals surface area contributed by atoms with Gasteiger partial charge in [-0.1, -0.05) is 20.8 Å². The van der Waals surface area contributed by atoms with Crippen molar-refractivity contribution >= 4 is 15.9 Å². The van der Waals surface area contributed by atoms with E-state index in [9.17, 15) is 8.78 Å². The summed E-state index contributed by atoms with van der Waals surface area (Å²) in [4.78, 5) is 1.92. The second kappa shape index (κ2) is 5.44. The standard InChI is InChI=1S/C13H18BrF2N/c1-13(2,3)8-17(4)7-9-11(15)6-5-10(14)12(9)16/h5-6H,7-8H2,1-4H3. The zero-order valence-electron chi connectivity index (χ0n) is 10.7. The molecule has 17 heavy (non-hydrogen) atoms. The normalized spacial score (nSPS) is 12.2. The molecule has 0 aliphatic carbocycles. The predicted octanol–water partition coefficient (Wildman–Crippen LogP) is 4.21. The molecule has 4 heteroatoms. The summed E-state index contributed by atoms with van der Waals surface area (Å²) < 4.78 is 27.6. The van der Waals surface area contributed by atoms with Crippen molar-refractivity contribution in [1.82, 2.24) is 4.90 Å². The average molecular weight is 306 g/mol. The molecule has 0 atom stereocenters. The highest BCUT2D eigenvalue weighted by Gasteiger charge is 2.18. The van der Waals surface area contributed by atoms with Crippen LogP contribution in [0.25, 0.3) is 0 Å². The minimum absolute atomic E-state index is 0.105. The minimum Gasteiger partial charge on any atom is -0.301 e. The molecule has 0 fully saturated rings. The van der Waals surface area contributed by atoms with Crippen LogP contribution in [-0.4, -0.2) is 18.5 Å². The Morgan fingerprint density at radius 1 is 1.24 bits per heavy atom. The first-order valence-electron chi connectivity index (χ1n) is 5.51. The van der Waals surface area contributed by atoms with E-state index in [-0.39, 0.29) is 17.5 Å². The van der Waals surface area contributed by atoms with Crippen LogP contribution in [0.3, 0.4) is 0 Å². The third-order valence-corrected chi connectivity index (χ3v) is 2.92. The van der Waals surface area contributed by atoms with Gasteiger partial charge >= 0.3 is 0 Å². The molecule has 0 bridgehead atoms. The van der Waals surface area contributed by atoms with E-state index >= 15 is 0 Å². The molecule has 1 rings (SSSR count). The molecule has 0 radical (unpaired) electrons. The second-order valence-electron chi connectivity index (χ2n) is 5.55. The molecule has 1 nitrogen and oxygen atoms in total. The summed E-state index contributed by atoms with van der Waals surface area (Å²) >= 11 is 3.07. The van der Waals surface area contributed by atoms with Gasteiger partial charge in [0.25, 0.3) is 0 Å². The topological polar surface area (TPSA) is 3.24 Å². The van der Waals surface area contributed by atoms with E-state index in [0.717, 1.165) is 6.54 Å². The van der Waals surface area contributed by atoms with Gasteiger partial charge in [-0.15, -0.1) is 0 Å². The molecule has 0 aromatic heterocycles. The zero-order valence-corrected chi connectivity index (χ0v) is 12.2. The molecule has 0 amide bonds. The van der Waals surface area contributed by atoms with Crippen LogP contribution in [0.15, 0.2) is 16.6 Å². The maximum absolute atomic E-state index is 13.7. The number of hydrogen-bond acceptors (Lipinski definition) is 1. The maximum atomic E-state index is 13.7. The number of benzene rings is 1. The molecular formula is C13H18BrF2N. The van der Waals surface area contributed by atoms with Crippen molar-refractivity contribution in [3.05, 3.63) is 33.8 Å². The number of rotatable bonds is 3. The van der Waals surface area contributed by atoms with E-state index in [2.05, 4.69) is 36.7 Å². The van der Waals surface area contributed by atoms with E-state index in [1.165, 1.54) is 12.1 Å². The molecule has 0 saturated carbocycles. The highest BCUT2D eigenvalue weighted by Crippen LogP contribution is 2.23. The molecule has 0 aliphatic heterocycles. The van der Waals surface area contributed by atoms with E-state index in [4.69, 9.17) is 0 Å². The van der Waals surface area contributed by atoms with Gasteiger partial charge < -0.3 is 4.90 Å². The second-order valence-corrected chi connectivity index (χ2v) is 6.41. The lowest BCUT2D eigenvalue weighted by Gasteiger charge is -2.26. The highest BCUT2D eigenvalue weighted by atomic mass is 79.9. The van der Waals surface area contributed by atoms with Crippen molar-refractivity contribution in [3.8, 4) is 0 Å². The largest absolute Gasteiger partial charge is 0.301 e. The van der Waals surface area contributed by atoms with Crippen LogP contribution in [0, 0.1) is 17.0 Å². The van der Waals surface area contributed by atoms with E-state index < -0.39 is 11.6 Å². The van der Waals surface area contributed by atoms with E-state index in [0.29, 0.717) is 4.47 Å². The quantitative estimate of drug-likeness (QED) is 0.756. The van der Waals surface area contributed by atoms with Crippen molar-refractivity contribution in [3.63, 3.8) is 0 Å². The van der Waals surface area contributed by atoms with Crippen molar-refractivity contribution in [2.45, 2.75) is 27.3 Å². The lowest BCUT2D eigenvalue weighted by atomic mass is 9.96. The smallest absolute Gasteiger partial charge is 0.144 e. The molecule has 0 heterocycles. The molecular weight excluding hydrogens is 288 g/mol. The molecule has 96 valence electrons. The minimum atomic E-state index is -0.509. The fraction of sp³-hybridized carbons (Fsp3) is 0.538. The monoisotopic (exact) mass is 305 g/mol. The van der Waals surface area contributed by atoms with Crippen LogP contribution >= 0.6 is 15.9 Å². The Morgan fingerprint density at radius 3 is 2.35 bits per heavy atom. The Morgan fingerprint density at radius 2 is 1.82 bits per heavy atom. The maximum Gasteiger partial charge on any atom is 0.144 e. The third kappa shape index (κ3) is 4.36. The highest BCUT2D eigenvalue weighted by molar-refractivity contribution is 9.10. The van der Waals surface area contributed by atoms with Gasteiger partial charge in [0.05, 0.1) is 4.47 Å². The zero-order chi connectivity index (χ0) is 13.2. The average Bonchev–Trinajstić information content (AvgIpc) is 2.16. The summed E-state index contributed by atoms with van der Waals surface area (Å²) in [6.45, 7) is 7.33. The van der Waals surface area contributed by atoms with Crippen molar-refractivity contribution in [2.75, 3.05) is 13.6 Å².